The quantitative estimate of drug-likeness (QED) is 0.618. The monoisotopic (exact) mass is 301 g/mol. The Labute approximate surface area is 130 Å². The molecule has 0 spiro atoms. The lowest BCUT2D eigenvalue weighted by Crippen LogP contribution is -1.97. The summed E-state index contributed by atoms with van der Waals surface area (Å²) in [6.45, 7) is 4.25. The van der Waals surface area contributed by atoms with Crippen LogP contribution in [-0.2, 0) is 6.42 Å². The first-order valence-corrected chi connectivity index (χ1v) is 6.88. The van der Waals surface area contributed by atoms with Gasteiger partial charge in [-0.25, -0.2) is 0 Å². The van der Waals surface area contributed by atoms with Gasteiger partial charge in [0.25, 0.3) is 0 Å². The Kier molecular flexibility index (Phi) is 4.14. The summed E-state index contributed by atoms with van der Waals surface area (Å²) < 4.78 is 0. The van der Waals surface area contributed by atoms with Crippen LogP contribution >= 0.6 is 12.4 Å². The number of H-pyrrole nitrogens is 1. The van der Waals surface area contributed by atoms with Crippen molar-refractivity contribution in [1.82, 2.24) is 4.98 Å². The zero-order valence-corrected chi connectivity index (χ0v) is 13.1. The molecule has 3 nitrogen and oxygen atoms in total. The maximum atomic E-state index is 6.20. The molecule has 5 N–H and O–H groups in total. The lowest BCUT2D eigenvalue weighted by Gasteiger charge is -2.10. The van der Waals surface area contributed by atoms with Crippen LogP contribution in [0.3, 0.4) is 0 Å². The average Bonchev–Trinajstić information content (AvgIpc) is 2.76. The molecule has 0 saturated heterocycles. The normalized spacial score (nSPS) is 10.6. The number of fused-ring (bicyclic) bond motifs is 1. The van der Waals surface area contributed by atoms with Crippen LogP contribution in [-0.4, -0.2) is 4.98 Å². The number of nitrogens with two attached hydrogens (primary N) is 2. The second-order valence-electron chi connectivity index (χ2n) is 5.13. The van der Waals surface area contributed by atoms with Gasteiger partial charge < -0.3 is 16.5 Å². The number of anilines is 2. The Hall–Kier alpha value is -2.13. The van der Waals surface area contributed by atoms with E-state index in [2.05, 4.69) is 31.0 Å². The average molecular weight is 302 g/mol. The zero-order valence-electron chi connectivity index (χ0n) is 12.2. The van der Waals surface area contributed by atoms with Gasteiger partial charge in [-0.05, 0) is 36.1 Å². The molecular formula is C17H20ClN3. The minimum Gasteiger partial charge on any atom is -0.398 e. The van der Waals surface area contributed by atoms with Gasteiger partial charge in [-0.15, -0.1) is 12.4 Å². The predicted molar refractivity (Wildman–Crippen MR) is 93.9 cm³/mol. The number of nitrogen functional groups attached to an aromatic ring is 2. The van der Waals surface area contributed by atoms with Crippen molar-refractivity contribution in [2.24, 2.45) is 0 Å². The summed E-state index contributed by atoms with van der Waals surface area (Å²) in [5, 5.41) is 1.18. The highest BCUT2D eigenvalue weighted by Crippen LogP contribution is 2.38. The van der Waals surface area contributed by atoms with Gasteiger partial charge in [0.15, 0.2) is 0 Å². The van der Waals surface area contributed by atoms with Gasteiger partial charge >= 0.3 is 0 Å². The van der Waals surface area contributed by atoms with E-state index in [-0.39, 0.29) is 12.4 Å². The molecule has 3 aromatic rings. The van der Waals surface area contributed by atoms with E-state index in [1.807, 2.05) is 24.3 Å². The molecule has 0 aliphatic rings. The van der Waals surface area contributed by atoms with Crippen LogP contribution in [0, 0.1) is 6.92 Å². The Morgan fingerprint density at radius 2 is 1.76 bits per heavy atom. The van der Waals surface area contributed by atoms with Crippen molar-refractivity contribution >= 4 is 34.8 Å². The maximum Gasteiger partial charge on any atom is 0.109 e. The van der Waals surface area contributed by atoms with Crippen LogP contribution in [0.5, 0.6) is 0 Å². The van der Waals surface area contributed by atoms with Gasteiger partial charge in [0, 0.05) is 22.2 Å². The Bertz CT molecular complexity index is 776. The molecule has 0 saturated carbocycles. The molecule has 110 valence electrons. The third-order valence-corrected chi connectivity index (χ3v) is 3.95. The van der Waals surface area contributed by atoms with Crippen LogP contribution in [0.4, 0.5) is 11.5 Å². The van der Waals surface area contributed by atoms with E-state index in [0.29, 0.717) is 5.82 Å². The maximum absolute atomic E-state index is 6.20. The van der Waals surface area contributed by atoms with Crippen molar-refractivity contribution in [2.75, 3.05) is 11.5 Å². The van der Waals surface area contributed by atoms with E-state index in [1.165, 1.54) is 16.5 Å². The van der Waals surface area contributed by atoms with Gasteiger partial charge in [0.05, 0.1) is 0 Å². The van der Waals surface area contributed by atoms with Crippen LogP contribution < -0.4 is 11.5 Å². The standard InChI is InChI=1S/C17H19N3.ClH/c1-3-12-10(2)15-14(9-13(12)18)20-17(19)16(15)11-7-5-4-6-8-11;/h4-9,20H,3,18-19H2,1-2H3;1H. The summed E-state index contributed by atoms with van der Waals surface area (Å²) in [4.78, 5) is 3.26. The third-order valence-electron chi connectivity index (χ3n) is 3.95. The molecule has 21 heavy (non-hydrogen) atoms. The fraction of sp³-hybridized carbons (Fsp3) is 0.176. The molecule has 0 aliphatic heterocycles. The Balaban J connectivity index is 0.00000161. The van der Waals surface area contributed by atoms with E-state index >= 15 is 0 Å². The Morgan fingerprint density at radius 3 is 2.38 bits per heavy atom. The topological polar surface area (TPSA) is 67.8 Å². The number of rotatable bonds is 2. The lowest BCUT2D eigenvalue weighted by molar-refractivity contribution is 1.12. The second kappa shape index (κ2) is 5.70. The molecule has 1 aromatic heterocycles. The van der Waals surface area contributed by atoms with Crippen LogP contribution in [0.25, 0.3) is 22.0 Å². The molecule has 0 fully saturated rings. The van der Waals surface area contributed by atoms with Crippen LogP contribution in [0.15, 0.2) is 36.4 Å². The van der Waals surface area contributed by atoms with E-state index in [9.17, 15) is 0 Å². The predicted octanol–water partition coefficient (Wildman–Crippen LogP) is 4.29. The van der Waals surface area contributed by atoms with E-state index in [4.69, 9.17) is 11.5 Å². The minimum atomic E-state index is 0. The fourth-order valence-electron chi connectivity index (χ4n) is 3.02. The smallest absolute Gasteiger partial charge is 0.109 e. The summed E-state index contributed by atoms with van der Waals surface area (Å²) in [7, 11) is 0. The number of halogens is 1. The Morgan fingerprint density at radius 1 is 1.10 bits per heavy atom. The van der Waals surface area contributed by atoms with Crippen molar-refractivity contribution < 1.29 is 0 Å². The van der Waals surface area contributed by atoms with Gasteiger partial charge in [-0.1, -0.05) is 37.3 Å². The highest BCUT2D eigenvalue weighted by atomic mass is 35.5. The zero-order chi connectivity index (χ0) is 14.3. The molecule has 1 heterocycles. The third kappa shape index (κ3) is 2.34. The van der Waals surface area contributed by atoms with E-state index in [1.54, 1.807) is 0 Å². The molecule has 0 unspecified atom stereocenters. The first-order chi connectivity index (χ1) is 9.63. The molecule has 3 rings (SSSR count). The van der Waals surface area contributed by atoms with Crippen molar-refractivity contribution in [2.45, 2.75) is 20.3 Å². The van der Waals surface area contributed by atoms with Crippen molar-refractivity contribution in [3.63, 3.8) is 0 Å². The summed E-state index contributed by atoms with van der Waals surface area (Å²) in [5.41, 5.74) is 18.8. The van der Waals surface area contributed by atoms with Gasteiger partial charge in [-0.2, -0.15) is 0 Å². The first kappa shape index (κ1) is 15.3. The van der Waals surface area contributed by atoms with Crippen molar-refractivity contribution in [1.29, 1.82) is 0 Å². The molecule has 0 radical (unpaired) electrons. The number of hydrogen-bond donors (Lipinski definition) is 3. The SMILES string of the molecule is CCc1c(N)cc2[nH]c(N)c(-c3ccccc3)c2c1C.Cl. The lowest BCUT2D eigenvalue weighted by atomic mass is 9.95. The van der Waals surface area contributed by atoms with Crippen LogP contribution in [0.2, 0.25) is 0 Å². The van der Waals surface area contributed by atoms with Crippen LogP contribution in [0.1, 0.15) is 18.1 Å². The number of aromatic nitrogens is 1. The van der Waals surface area contributed by atoms with Crippen molar-refractivity contribution in [3.8, 4) is 11.1 Å². The summed E-state index contributed by atoms with van der Waals surface area (Å²) in [5.74, 6) is 0.696. The van der Waals surface area contributed by atoms with Gasteiger partial charge in [0.2, 0.25) is 0 Å². The number of nitrogens with one attached hydrogen (secondary N) is 1. The van der Waals surface area contributed by atoms with Gasteiger partial charge in [0.1, 0.15) is 5.82 Å². The van der Waals surface area contributed by atoms with E-state index in [0.717, 1.165) is 28.8 Å². The highest BCUT2D eigenvalue weighted by molar-refractivity contribution is 6.05. The van der Waals surface area contributed by atoms with Crippen molar-refractivity contribution in [3.05, 3.63) is 47.5 Å². The molecule has 0 aliphatic carbocycles. The number of aryl methyl sites for hydroxylation is 1. The first-order valence-electron chi connectivity index (χ1n) is 6.88. The highest BCUT2D eigenvalue weighted by Gasteiger charge is 2.16. The largest absolute Gasteiger partial charge is 0.398 e. The summed E-state index contributed by atoms with van der Waals surface area (Å²) in [6, 6.07) is 12.2. The number of hydrogen-bond acceptors (Lipinski definition) is 2. The summed E-state index contributed by atoms with van der Waals surface area (Å²) in [6.07, 6.45) is 0.924. The summed E-state index contributed by atoms with van der Waals surface area (Å²) >= 11 is 0. The molecule has 2 aromatic carbocycles. The van der Waals surface area contributed by atoms with Gasteiger partial charge in [-0.3, -0.25) is 0 Å². The number of aromatic amines is 1. The number of benzene rings is 2. The molecule has 0 bridgehead atoms. The minimum absolute atomic E-state index is 0. The second-order valence-corrected chi connectivity index (χ2v) is 5.13. The molecule has 4 heteroatoms. The molecule has 0 amide bonds. The molecule has 0 atom stereocenters. The molecular weight excluding hydrogens is 282 g/mol. The van der Waals surface area contributed by atoms with E-state index < -0.39 is 0 Å². The fourth-order valence-corrected chi connectivity index (χ4v) is 3.02.